The number of rotatable bonds is 28. The van der Waals surface area contributed by atoms with Gasteiger partial charge in [0.15, 0.2) is 8.32 Å². The van der Waals surface area contributed by atoms with Crippen molar-refractivity contribution in [2.75, 3.05) is 44.5 Å². The smallest absolute Gasteiger partial charge is 0.444 e. The number of thioether (sulfide) groups is 1. The molecule has 0 radical (unpaired) electrons. The lowest BCUT2D eigenvalue weighted by atomic mass is 10.1. The average molecular weight is 742 g/mol. The van der Waals surface area contributed by atoms with Gasteiger partial charge in [-0.15, -0.1) is 0 Å². The summed E-state index contributed by atoms with van der Waals surface area (Å²) in [6, 6.07) is 0. The van der Waals surface area contributed by atoms with Crippen molar-refractivity contribution < 1.29 is 36.8 Å². The van der Waals surface area contributed by atoms with Crippen molar-refractivity contribution in [1.29, 1.82) is 0 Å². The summed E-state index contributed by atoms with van der Waals surface area (Å²) >= 11 is 2.12. The lowest BCUT2D eigenvalue weighted by molar-refractivity contribution is -0.00748. The number of unbranched alkanes of at least 4 members (excludes halogenated alkanes) is 10. The van der Waals surface area contributed by atoms with E-state index < -0.39 is 39.5 Å². The van der Waals surface area contributed by atoms with Crippen LogP contribution in [0, 0.1) is 0 Å². The molecule has 1 N–H and O–H groups in total. The maximum absolute atomic E-state index is 13.7. The van der Waals surface area contributed by atoms with Crippen LogP contribution in [0.15, 0.2) is 0 Å². The van der Waals surface area contributed by atoms with Gasteiger partial charge in [0, 0.05) is 13.2 Å². The highest BCUT2D eigenvalue weighted by atomic mass is 32.2. The van der Waals surface area contributed by atoms with Gasteiger partial charge in [0.05, 0.1) is 31.5 Å². The zero-order valence-corrected chi connectivity index (χ0v) is 35.8. The fourth-order valence-electron chi connectivity index (χ4n) is 4.35. The number of hydrogen-bond donors (Lipinski definition) is 1. The van der Waals surface area contributed by atoms with Crippen molar-refractivity contribution >= 4 is 34.0 Å². The number of phosphoric ester groups is 1. The van der Waals surface area contributed by atoms with Crippen molar-refractivity contribution in [3.05, 3.63) is 0 Å². The summed E-state index contributed by atoms with van der Waals surface area (Å²) in [4.78, 5) is 12.0. The molecular formula is C36H76NO8PSSi. The van der Waals surface area contributed by atoms with Crippen LogP contribution < -0.4 is 5.32 Å². The molecule has 48 heavy (non-hydrogen) atoms. The van der Waals surface area contributed by atoms with E-state index in [0.29, 0.717) is 13.2 Å². The molecule has 0 aromatic heterocycles. The summed E-state index contributed by atoms with van der Waals surface area (Å²) in [5.74, 6) is 2.60. The van der Waals surface area contributed by atoms with Crippen molar-refractivity contribution in [3.63, 3.8) is 0 Å². The van der Waals surface area contributed by atoms with Gasteiger partial charge in [-0.25, -0.2) is 9.36 Å². The summed E-state index contributed by atoms with van der Waals surface area (Å²) in [5, 5.41) is 2.58. The molecule has 12 heteroatoms. The molecule has 0 bridgehead atoms. The Morgan fingerprint density at radius 3 is 1.79 bits per heavy atom. The van der Waals surface area contributed by atoms with Crippen LogP contribution in [-0.4, -0.2) is 76.2 Å². The fourth-order valence-corrected chi connectivity index (χ4v) is 8.21. The highest BCUT2D eigenvalue weighted by molar-refractivity contribution is 7.99. The van der Waals surface area contributed by atoms with E-state index in [9.17, 15) is 9.36 Å². The molecule has 0 spiro atoms. The number of hydrogen-bond acceptors (Lipinski definition) is 9. The number of carbonyl (C=O) groups excluding carboxylic acids is 1. The number of nitrogens with one attached hydrogen (secondary N) is 1. The lowest BCUT2D eigenvalue weighted by Gasteiger charge is -2.39. The van der Waals surface area contributed by atoms with Crippen LogP contribution in [0.3, 0.4) is 0 Å². The highest BCUT2D eigenvalue weighted by Crippen LogP contribution is 2.52. The molecule has 1 unspecified atom stereocenters. The molecule has 0 aromatic carbocycles. The Bertz CT molecular complexity index is 874. The predicted octanol–water partition coefficient (Wildman–Crippen LogP) is 11.3. The second-order valence-electron chi connectivity index (χ2n) is 16.3. The SMILES string of the molecule is CCCCCCCCSCCCCCCCCOC[C@H](COP(=O)(OCCNC(=O)OC(C)(C)C)OC(C)(C)C)O[Si](C)(C)C(C)(C)C. The van der Waals surface area contributed by atoms with Crippen LogP contribution in [0.4, 0.5) is 4.79 Å². The number of ether oxygens (including phenoxy) is 2. The Kier molecular flexibility index (Phi) is 24.9. The Labute approximate surface area is 301 Å². The van der Waals surface area contributed by atoms with E-state index in [2.05, 4.69) is 57.9 Å². The number of alkyl carbamates (subject to hydrolysis) is 1. The maximum Gasteiger partial charge on any atom is 0.475 e. The molecule has 0 rings (SSSR count). The number of amides is 1. The van der Waals surface area contributed by atoms with Gasteiger partial charge in [-0.05, 0) is 90.4 Å². The minimum Gasteiger partial charge on any atom is -0.444 e. The highest BCUT2D eigenvalue weighted by Gasteiger charge is 2.40. The first kappa shape index (κ1) is 47.9. The summed E-state index contributed by atoms with van der Waals surface area (Å²) in [5.41, 5.74) is -1.40. The van der Waals surface area contributed by atoms with Crippen molar-refractivity contribution in [2.24, 2.45) is 0 Å². The molecule has 0 heterocycles. The lowest BCUT2D eigenvalue weighted by Crippen LogP contribution is -2.46. The van der Waals surface area contributed by atoms with Crippen LogP contribution in [0.1, 0.15) is 146 Å². The van der Waals surface area contributed by atoms with Crippen LogP contribution >= 0.6 is 19.6 Å². The zero-order valence-electron chi connectivity index (χ0n) is 33.1. The molecule has 0 aliphatic rings. The topological polar surface area (TPSA) is 102 Å². The first-order valence-electron chi connectivity index (χ1n) is 18.6. The molecule has 0 saturated carbocycles. The van der Waals surface area contributed by atoms with E-state index in [0.717, 1.165) is 12.8 Å². The quantitative estimate of drug-likeness (QED) is 0.0477. The van der Waals surface area contributed by atoms with Gasteiger partial charge in [0.2, 0.25) is 0 Å². The van der Waals surface area contributed by atoms with Crippen LogP contribution in [0.25, 0.3) is 0 Å². The molecule has 9 nitrogen and oxygen atoms in total. The zero-order chi connectivity index (χ0) is 36.7. The first-order chi connectivity index (χ1) is 22.2. The number of phosphoric acid groups is 1. The average Bonchev–Trinajstić information content (AvgIpc) is 2.93. The Balaban J connectivity index is 4.72. The molecule has 0 aliphatic heterocycles. The fraction of sp³-hybridized carbons (Fsp3) is 0.972. The summed E-state index contributed by atoms with van der Waals surface area (Å²) in [7, 11) is -6.17. The Hall–Kier alpha value is -0.133. The minimum atomic E-state index is -3.99. The largest absolute Gasteiger partial charge is 0.475 e. The summed E-state index contributed by atoms with van der Waals surface area (Å²) in [6.07, 6.45) is 14.5. The normalized spacial score (nSPS) is 14.9. The van der Waals surface area contributed by atoms with Gasteiger partial charge in [-0.3, -0.25) is 13.6 Å². The van der Waals surface area contributed by atoms with E-state index in [1.807, 2.05) is 0 Å². The van der Waals surface area contributed by atoms with Gasteiger partial charge in [0.1, 0.15) is 5.60 Å². The van der Waals surface area contributed by atoms with Crippen LogP contribution in [0.2, 0.25) is 18.1 Å². The minimum absolute atomic E-state index is 0.00374. The third-order valence-electron chi connectivity index (χ3n) is 7.86. The van der Waals surface area contributed by atoms with Crippen molar-refractivity contribution in [3.8, 4) is 0 Å². The second-order valence-corrected chi connectivity index (χ2v) is 23.9. The summed E-state index contributed by atoms with van der Waals surface area (Å²) < 4.78 is 49.0. The van der Waals surface area contributed by atoms with E-state index in [1.165, 1.54) is 75.7 Å². The first-order valence-corrected chi connectivity index (χ1v) is 24.1. The number of carbonyl (C=O) groups is 1. The summed E-state index contributed by atoms with van der Waals surface area (Å²) in [6.45, 7) is 24.9. The monoisotopic (exact) mass is 741 g/mol. The molecule has 2 atom stereocenters. The maximum atomic E-state index is 13.7. The third-order valence-corrected chi connectivity index (χ3v) is 15.3. The van der Waals surface area contributed by atoms with Gasteiger partial charge in [-0.2, -0.15) is 11.8 Å². The third kappa shape index (κ3) is 27.6. The van der Waals surface area contributed by atoms with E-state index >= 15 is 0 Å². The Morgan fingerprint density at radius 2 is 1.27 bits per heavy atom. The molecule has 0 aliphatic carbocycles. The van der Waals surface area contributed by atoms with Gasteiger partial charge >= 0.3 is 13.9 Å². The molecular weight excluding hydrogens is 666 g/mol. The van der Waals surface area contributed by atoms with Gasteiger partial charge < -0.3 is 19.2 Å². The molecule has 0 saturated heterocycles. The Morgan fingerprint density at radius 1 is 0.729 bits per heavy atom. The standard InChI is InChI=1S/C36H76NO8PSSi/c1-13-14-15-16-20-23-28-47-29-24-21-18-17-19-22-26-40-30-32(44-48(11,12)36(8,9)10)31-42-46(39,45-35(5,6)7)41-27-25-37-33(38)43-34(2,3)4/h32H,13-31H2,1-12H3,(H,37,38)/t32-,46?/m1/s1. The molecule has 0 aromatic rings. The van der Waals surface area contributed by atoms with E-state index in [4.69, 9.17) is 27.5 Å². The molecule has 1 amide bonds. The van der Waals surface area contributed by atoms with E-state index in [-0.39, 0.29) is 24.8 Å². The van der Waals surface area contributed by atoms with Crippen molar-refractivity contribution in [1.82, 2.24) is 5.32 Å². The second kappa shape index (κ2) is 24.9. The predicted molar refractivity (Wildman–Crippen MR) is 206 cm³/mol. The van der Waals surface area contributed by atoms with Gasteiger partial charge in [0.25, 0.3) is 0 Å². The van der Waals surface area contributed by atoms with Gasteiger partial charge in [-0.1, -0.05) is 85.5 Å². The van der Waals surface area contributed by atoms with Crippen molar-refractivity contribution in [2.45, 2.75) is 182 Å². The molecule has 288 valence electrons. The van der Waals surface area contributed by atoms with Crippen LogP contribution in [0.5, 0.6) is 0 Å². The van der Waals surface area contributed by atoms with E-state index in [1.54, 1.807) is 41.5 Å². The molecule has 0 fully saturated rings. The van der Waals surface area contributed by atoms with Crippen LogP contribution in [-0.2, 0) is 32.0 Å².